The zero-order valence-electron chi connectivity index (χ0n) is 8.27. The summed E-state index contributed by atoms with van der Waals surface area (Å²) < 4.78 is 0. The maximum Gasteiger partial charge on any atom is 0.242 e. The van der Waals surface area contributed by atoms with Crippen LogP contribution in [0.2, 0.25) is 0 Å². The van der Waals surface area contributed by atoms with Crippen LogP contribution in [0.5, 0.6) is 0 Å². The first kappa shape index (κ1) is 11.1. The molecule has 3 N–H and O–H groups in total. The number of rotatable bonds is 3. The van der Waals surface area contributed by atoms with Gasteiger partial charge in [-0.3, -0.25) is 9.59 Å². The standard InChI is InChI=1S/C9H16N2O3/c1-6(13)8-3-2-4-11(8)9(14)7(10)5-12/h7-8,12H,2-5,10H2,1H3/t7-,8+/m0/s1. The molecule has 1 heterocycles. The first-order valence-electron chi connectivity index (χ1n) is 4.75. The Balaban J connectivity index is 2.67. The highest BCUT2D eigenvalue weighted by molar-refractivity contribution is 5.90. The molecule has 14 heavy (non-hydrogen) atoms. The third kappa shape index (κ3) is 2.10. The van der Waals surface area contributed by atoms with Gasteiger partial charge >= 0.3 is 0 Å². The van der Waals surface area contributed by atoms with Gasteiger partial charge in [-0.2, -0.15) is 0 Å². The van der Waals surface area contributed by atoms with E-state index < -0.39 is 6.04 Å². The molecule has 2 atom stereocenters. The van der Waals surface area contributed by atoms with Crippen LogP contribution in [-0.2, 0) is 9.59 Å². The summed E-state index contributed by atoms with van der Waals surface area (Å²) in [5, 5.41) is 8.73. The molecular weight excluding hydrogens is 184 g/mol. The van der Waals surface area contributed by atoms with Gasteiger partial charge in [0.1, 0.15) is 6.04 Å². The summed E-state index contributed by atoms with van der Waals surface area (Å²) in [6, 6.07) is -1.23. The predicted molar refractivity (Wildman–Crippen MR) is 50.5 cm³/mol. The lowest BCUT2D eigenvalue weighted by Gasteiger charge is -2.24. The van der Waals surface area contributed by atoms with Gasteiger partial charge in [0.05, 0.1) is 12.6 Å². The van der Waals surface area contributed by atoms with Gasteiger partial charge in [0.15, 0.2) is 5.78 Å². The Labute approximate surface area is 82.9 Å². The van der Waals surface area contributed by atoms with Crippen LogP contribution >= 0.6 is 0 Å². The quantitative estimate of drug-likeness (QED) is 0.605. The minimum absolute atomic E-state index is 0.0130. The van der Waals surface area contributed by atoms with E-state index in [1.165, 1.54) is 11.8 Å². The second-order valence-corrected chi connectivity index (χ2v) is 3.59. The SMILES string of the molecule is CC(=O)[C@H]1CCCN1C(=O)[C@@H](N)CO. The highest BCUT2D eigenvalue weighted by Gasteiger charge is 2.33. The van der Waals surface area contributed by atoms with Crippen LogP contribution in [0.1, 0.15) is 19.8 Å². The van der Waals surface area contributed by atoms with Crippen molar-refractivity contribution in [2.45, 2.75) is 31.8 Å². The molecule has 1 rings (SSSR count). The number of amides is 1. The summed E-state index contributed by atoms with van der Waals surface area (Å²) in [5.74, 6) is -0.341. The Morgan fingerprint density at radius 2 is 2.29 bits per heavy atom. The van der Waals surface area contributed by atoms with Crippen LogP contribution in [0.3, 0.4) is 0 Å². The molecule has 1 aliphatic rings. The number of hydrogen-bond donors (Lipinski definition) is 2. The van der Waals surface area contributed by atoms with Gasteiger partial charge in [-0.25, -0.2) is 0 Å². The summed E-state index contributed by atoms with van der Waals surface area (Å²) in [4.78, 5) is 24.2. The van der Waals surface area contributed by atoms with E-state index in [0.717, 1.165) is 6.42 Å². The maximum absolute atomic E-state index is 11.6. The molecule has 1 saturated heterocycles. The minimum atomic E-state index is -0.894. The van der Waals surface area contributed by atoms with Gasteiger partial charge in [-0.15, -0.1) is 0 Å². The molecule has 0 saturated carbocycles. The number of aliphatic hydroxyl groups excluding tert-OH is 1. The largest absolute Gasteiger partial charge is 0.394 e. The molecular formula is C9H16N2O3. The molecule has 0 radical (unpaired) electrons. The van der Waals surface area contributed by atoms with Gasteiger partial charge in [-0.1, -0.05) is 0 Å². The minimum Gasteiger partial charge on any atom is -0.394 e. The van der Waals surface area contributed by atoms with Gasteiger partial charge in [0.25, 0.3) is 0 Å². The van der Waals surface area contributed by atoms with Crippen LogP contribution < -0.4 is 5.73 Å². The number of aliphatic hydroxyl groups is 1. The summed E-state index contributed by atoms with van der Waals surface area (Å²) in [6.07, 6.45) is 1.54. The summed E-state index contributed by atoms with van der Waals surface area (Å²) in [5.41, 5.74) is 5.41. The zero-order valence-corrected chi connectivity index (χ0v) is 8.27. The van der Waals surface area contributed by atoms with Crippen LogP contribution in [0.25, 0.3) is 0 Å². The third-order valence-electron chi connectivity index (χ3n) is 2.52. The normalized spacial score (nSPS) is 23.6. The summed E-state index contributed by atoms with van der Waals surface area (Å²) in [7, 11) is 0. The van der Waals surface area contributed by atoms with Crippen LogP contribution in [0, 0.1) is 0 Å². The number of hydrogen-bond acceptors (Lipinski definition) is 4. The second-order valence-electron chi connectivity index (χ2n) is 3.59. The second kappa shape index (κ2) is 4.52. The topological polar surface area (TPSA) is 83.6 Å². The smallest absolute Gasteiger partial charge is 0.242 e. The molecule has 0 unspecified atom stereocenters. The Kier molecular flexibility index (Phi) is 3.60. The Hall–Kier alpha value is -0.940. The van der Waals surface area contributed by atoms with Crippen molar-refractivity contribution in [2.75, 3.05) is 13.2 Å². The Morgan fingerprint density at radius 3 is 2.79 bits per heavy atom. The monoisotopic (exact) mass is 200 g/mol. The lowest BCUT2D eigenvalue weighted by Crippen LogP contribution is -2.49. The maximum atomic E-state index is 11.6. The molecule has 1 fully saturated rings. The van der Waals surface area contributed by atoms with Gasteiger partial charge in [0.2, 0.25) is 5.91 Å². The number of Topliss-reactive ketones (excluding diaryl/α,β-unsaturated/α-hetero) is 1. The summed E-state index contributed by atoms with van der Waals surface area (Å²) in [6.45, 7) is 1.66. The Bertz CT molecular complexity index is 242. The number of carbonyl (C=O) groups is 2. The number of likely N-dealkylation sites (tertiary alicyclic amines) is 1. The number of nitrogens with two attached hydrogens (primary N) is 1. The molecule has 0 aromatic carbocycles. The van der Waals surface area contributed by atoms with E-state index in [2.05, 4.69) is 0 Å². The van der Waals surface area contributed by atoms with Crippen molar-refractivity contribution in [2.24, 2.45) is 5.73 Å². The van der Waals surface area contributed by atoms with E-state index in [4.69, 9.17) is 10.8 Å². The average Bonchev–Trinajstić information content (AvgIpc) is 2.63. The number of carbonyl (C=O) groups excluding carboxylic acids is 2. The lowest BCUT2D eigenvalue weighted by atomic mass is 10.1. The van der Waals surface area contributed by atoms with Crippen molar-refractivity contribution in [1.29, 1.82) is 0 Å². The van der Waals surface area contributed by atoms with Crippen molar-refractivity contribution < 1.29 is 14.7 Å². The molecule has 0 aliphatic carbocycles. The molecule has 1 amide bonds. The Morgan fingerprint density at radius 1 is 1.64 bits per heavy atom. The van der Waals surface area contributed by atoms with E-state index in [1.54, 1.807) is 0 Å². The molecule has 1 aliphatic heterocycles. The molecule has 0 aromatic heterocycles. The highest BCUT2D eigenvalue weighted by atomic mass is 16.3. The average molecular weight is 200 g/mol. The summed E-state index contributed by atoms with van der Waals surface area (Å²) >= 11 is 0. The van der Waals surface area contributed by atoms with Gasteiger partial charge < -0.3 is 15.7 Å². The van der Waals surface area contributed by atoms with E-state index >= 15 is 0 Å². The first-order valence-corrected chi connectivity index (χ1v) is 4.75. The number of ketones is 1. The third-order valence-corrected chi connectivity index (χ3v) is 2.52. The van der Waals surface area contributed by atoms with E-state index in [-0.39, 0.29) is 24.3 Å². The lowest BCUT2D eigenvalue weighted by molar-refractivity contribution is -0.138. The molecule has 5 nitrogen and oxygen atoms in total. The molecule has 0 bridgehead atoms. The molecule has 0 aromatic rings. The van der Waals surface area contributed by atoms with Crippen LogP contribution in [0.4, 0.5) is 0 Å². The first-order chi connectivity index (χ1) is 6.57. The highest BCUT2D eigenvalue weighted by Crippen LogP contribution is 2.18. The van der Waals surface area contributed by atoms with Crippen molar-refractivity contribution >= 4 is 11.7 Å². The van der Waals surface area contributed by atoms with Crippen molar-refractivity contribution in [3.63, 3.8) is 0 Å². The van der Waals surface area contributed by atoms with E-state index in [9.17, 15) is 9.59 Å². The van der Waals surface area contributed by atoms with Crippen molar-refractivity contribution in [1.82, 2.24) is 4.90 Å². The van der Waals surface area contributed by atoms with E-state index in [0.29, 0.717) is 13.0 Å². The van der Waals surface area contributed by atoms with Gasteiger partial charge in [-0.05, 0) is 19.8 Å². The predicted octanol–water partition coefficient (Wildman–Crippen LogP) is -1.11. The van der Waals surface area contributed by atoms with E-state index in [1.807, 2.05) is 0 Å². The molecule has 80 valence electrons. The zero-order chi connectivity index (χ0) is 10.7. The fourth-order valence-electron chi connectivity index (χ4n) is 1.74. The van der Waals surface area contributed by atoms with Gasteiger partial charge in [0, 0.05) is 6.54 Å². The molecule has 5 heteroatoms. The molecule has 0 spiro atoms. The van der Waals surface area contributed by atoms with Crippen LogP contribution in [0.15, 0.2) is 0 Å². The number of nitrogens with zero attached hydrogens (tertiary/aromatic N) is 1. The van der Waals surface area contributed by atoms with Crippen LogP contribution in [-0.4, -0.2) is 46.9 Å². The van der Waals surface area contributed by atoms with Crippen molar-refractivity contribution in [3.8, 4) is 0 Å². The van der Waals surface area contributed by atoms with Crippen molar-refractivity contribution in [3.05, 3.63) is 0 Å². The fourth-order valence-corrected chi connectivity index (χ4v) is 1.74. The fraction of sp³-hybridized carbons (Fsp3) is 0.778.